The van der Waals surface area contributed by atoms with Gasteiger partial charge in [0.2, 0.25) is 0 Å². The Morgan fingerprint density at radius 3 is 2.28 bits per heavy atom. The quantitative estimate of drug-likeness (QED) is 0.179. The average molecular weight is 501 g/mol. The van der Waals surface area contributed by atoms with Gasteiger partial charge in [-0.25, -0.2) is 13.2 Å². The zero-order valence-corrected chi connectivity index (χ0v) is 20.2. The van der Waals surface area contributed by atoms with E-state index in [0.29, 0.717) is 11.3 Å². The molecular weight excluding hydrogens is 471 g/mol. The number of benzene rings is 3. The lowest BCUT2D eigenvalue weighted by molar-refractivity contribution is -0.0546. The first kappa shape index (κ1) is 26.0. The fourth-order valence-corrected chi connectivity index (χ4v) is 5.10. The molecule has 0 radical (unpaired) electrons. The van der Waals surface area contributed by atoms with Crippen LogP contribution in [0.2, 0.25) is 0 Å². The van der Waals surface area contributed by atoms with Crippen LogP contribution in [0.3, 0.4) is 0 Å². The molecule has 6 heteroatoms. The molecule has 0 aromatic heterocycles. The summed E-state index contributed by atoms with van der Waals surface area (Å²) >= 11 is 0. The number of alkyl halides is 2. The van der Waals surface area contributed by atoms with Gasteiger partial charge in [0, 0.05) is 10.9 Å². The summed E-state index contributed by atoms with van der Waals surface area (Å²) in [5, 5.41) is 1.21. The van der Waals surface area contributed by atoms with Gasteiger partial charge in [-0.3, -0.25) is 0 Å². The van der Waals surface area contributed by atoms with Crippen molar-refractivity contribution < 1.29 is 26.7 Å². The first-order valence-electron chi connectivity index (χ1n) is 12.5. The minimum atomic E-state index is -3.36. The minimum absolute atomic E-state index is 0.0801. The SMILES string of the molecule is CCCCCC1CCC(c2ccc3c(F)c(C#Cc4cc(F)c(OC(F)F)c(F)c4)ccc3c2)CC1. The molecule has 0 saturated heterocycles. The van der Waals surface area contributed by atoms with Crippen LogP contribution in [0, 0.1) is 35.2 Å². The van der Waals surface area contributed by atoms with Gasteiger partial charge >= 0.3 is 6.61 Å². The molecular formula is C30H29F5O. The van der Waals surface area contributed by atoms with Crippen molar-refractivity contribution in [3.63, 3.8) is 0 Å². The highest BCUT2D eigenvalue weighted by Gasteiger charge is 2.22. The Morgan fingerprint density at radius 1 is 0.889 bits per heavy atom. The molecule has 0 amide bonds. The van der Waals surface area contributed by atoms with Crippen LogP contribution in [0.5, 0.6) is 5.75 Å². The van der Waals surface area contributed by atoms with Crippen molar-refractivity contribution in [3.05, 3.63) is 76.6 Å². The number of halogens is 5. The van der Waals surface area contributed by atoms with Gasteiger partial charge in [0.15, 0.2) is 17.4 Å². The fraction of sp³-hybridized carbons (Fsp3) is 0.400. The van der Waals surface area contributed by atoms with E-state index in [-0.39, 0.29) is 11.1 Å². The van der Waals surface area contributed by atoms with E-state index in [2.05, 4.69) is 23.5 Å². The molecule has 0 heterocycles. The number of ether oxygens (including phenoxy) is 1. The van der Waals surface area contributed by atoms with Crippen LogP contribution in [0.15, 0.2) is 42.5 Å². The third-order valence-electron chi connectivity index (χ3n) is 7.06. The molecule has 1 saturated carbocycles. The molecule has 4 rings (SSSR count). The predicted octanol–water partition coefficient (Wildman–Crippen LogP) is 9.11. The summed E-state index contributed by atoms with van der Waals surface area (Å²) in [6.45, 7) is -1.13. The Morgan fingerprint density at radius 2 is 1.61 bits per heavy atom. The molecule has 1 nitrogen and oxygen atoms in total. The molecule has 1 aliphatic carbocycles. The normalized spacial score (nSPS) is 17.8. The van der Waals surface area contributed by atoms with Gasteiger partial charge in [0.1, 0.15) is 5.82 Å². The minimum Gasteiger partial charge on any atom is -0.429 e. The first-order valence-corrected chi connectivity index (χ1v) is 12.5. The standard InChI is InChI=1S/C30H29F5O/c1-2-3-4-5-19-6-9-21(10-7-19)23-14-15-25-24(18-23)13-12-22(28(25)33)11-8-20-16-26(31)29(27(32)17-20)36-30(34)35/h12-19,21,30H,2-7,9-10H2,1H3. The first-order chi connectivity index (χ1) is 17.4. The zero-order chi connectivity index (χ0) is 25.7. The maximum Gasteiger partial charge on any atom is 0.387 e. The maximum absolute atomic E-state index is 15.2. The Balaban J connectivity index is 1.49. The highest BCUT2D eigenvalue weighted by Crippen LogP contribution is 2.39. The molecule has 3 aromatic rings. The van der Waals surface area contributed by atoms with Crippen molar-refractivity contribution >= 4 is 10.8 Å². The third kappa shape index (κ3) is 6.19. The van der Waals surface area contributed by atoms with E-state index >= 15 is 4.39 Å². The molecule has 0 N–H and O–H groups in total. The average Bonchev–Trinajstić information content (AvgIpc) is 2.86. The highest BCUT2D eigenvalue weighted by molar-refractivity contribution is 5.85. The van der Waals surface area contributed by atoms with Crippen LogP contribution in [0.25, 0.3) is 10.8 Å². The molecule has 3 aromatic carbocycles. The molecule has 190 valence electrons. The largest absolute Gasteiger partial charge is 0.429 e. The lowest BCUT2D eigenvalue weighted by atomic mass is 9.77. The second-order valence-electron chi connectivity index (χ2n) is 9.52. The van der Waals surface area contributed by atoms with Crippen molar-refractivity contribution in [1.29, 1.82) is 0 Å². The van der Waals surface area contributed by atoms with E-state index < -0.39 is 29.8 Å². The molecule has 0 bridgehead atoms. The summed E-state index contributed by atoms with van der Waals surface area (Å²) < 4.78 is 71.4. The van der Waals surface area contributed by atoms with Gasteiger partial charge in [0.25, 0.3) is 0 Å². The summed E-state index contributed by atoms with van der Waals surface area (Å²) in [5.41, 5.74) is 1.19. The highest BCUT2D eigenvalue weighted by atomic mass is 19.3. The number of rotatable bonds is 7. The smallest absolute Gasteiger partial charge is 0.387 e. The van der Waals surface area contributed by atoms with Crippen LogP contribution in [-0.4, -0.2) is 6.61 Å². The van der Waals surface area contributed by atoms with Crippen molar-refractivity contribution in [3.8, 4) is 17.6 Å². The summed E-state index contributed by atoms with van der Waals surface area (Å²) in [4.78, 5) is 0. The Labute approximate surface area is 208 Å². The molecule has 0 spiro atoms. The summed E-state index contributed by atoms with van der Waals surface area (Å²) in [7, 11) is 0. The van der Waals surface area contributed by atoms with Crippen molar-refractivity contribution in [2.24, 2.45) is 5.92 Å². The van der Waals surface area contributed by atoms with Crippen LogP contribution >= 0.6 is 0 Å². The van der Waals surface area contributed by atoms with Crippen molar-refractivity contribution in [2.45, 2.75) is 70.8 Å². The van der Waals surface area contributed by atoms with Crippen LogP contribution in [0.1, 0.15) is 80.9 Å². The summed E-state index contributed by atoms with van der Waals surface area (Å²) in [6.07, 6.45) is 9.98. The van der Waals surface area contributed by atoms with Crippen LogP contribution < -0.4 is 4.74 Å². The van der Waals surface area contributed by atoms with Crippen LogP contribution in [0.4, 0.5) is 22.0 Å². The Bertz CT molecular complexity index is 1240. The van der Waals surface area contributed by atoms with Gasteiger partial charge in [-0.05, 0) is 66.7 Å². The second-order valence-corrected chi connectivity index (χ2v) is 9.52. The fourth-order valence-electron chi connectivity index (χ4n) is 5.10. The van der Waals surface area contributed by atoms with E-state index in [1.165, 1.54) is 44.1 Å². The van der Waals surface area contributed by atoms with E-state index in [1.807, 2.05) is 12.1 Å². The van der Waals surface area contributed by atoms with Crippen molar-refractivity contribution in [1.82, 2.24) is 0 Å². The van der Waals surface area contributed by atoms with Gasteiger partial charge in [-0.1, -0.05) is 68.7 Å². The summed E-state index contributed by atoms with van der Waals surface area (Å²) in [6, 6.07) is 10.7. The molecule has 36 heavy (non-hydrogen) atoms. The van der Waals surface area contributed by atoms with E-state index in [4.69, 9.17) is 0 Å². The number of hydrogen-bond acceptors (Lipinski definition) is 1. The van der Waals surface area contributed by atoms with Gasteiger partial charge in [-0.2, -0.15) is 8.78 Å². The molecule has 0 unspecified atom stereocenters. The Kier molecular flexibility index (Phi) is 8.51. The Hall–Kier alpha value is -3.07. The molecule has 0 aliphatic heterocycles. The van der Waals surface area contributed by atoms with E-state index in [9.17, 15) is 17.6 Å². The second kappa shape index (κ2) is 11.8. The molecule has 1 aliphatic rings. The number of unbranched alkanes of at least 4 members (excludes halogenated alkanes) is 2. The van der Waals surface area contributed by atoms with E-state index in [0.717, 1.165) is 36.3 Å². The van der Waals surface area contributed by atoms with Gasteiger partial charge in [-0.15, -0.1) is 0 Å². The van der Waals surface area contributed by atoms with Gasteiger partial charge in [0.05, 0.1) is 5.56 Å². The molecule has 1 fully saturated rings. The predicted molar refractivity (Wildman–Crippen MR) is 132 cm³/mol. The summed E-state index contributed by atoms with van der Waals surface area (Å²) in [5.74, 6) is 2.11. The van der Waals surface area contributed by atoms with Crippen molar-refractivity contribution in [2.75, 3.05) is 0 Å². The van der Waals surface area contributed by atoms with Crippen LogP contribution in [-0.2, 0) is 0 Å². The molecule has 0 atom stereocenters. The maximum atomic E-state index is 15.2. The lowest BCUT2D eigenvalue weighted by Gasteiger charge is -2.29. The van der Waals surface area contributed by atoms with Gasteiger partial charge < -0.3 is 4.74 Å². The zero-order valence-electron chi connectivity index (χ0n) is 20.2. The third-order valence-corrected chi connectivity index (χ3v) is 7.06. The number of hydrogen-bond donors (Lipinski definition) is 0. The monoisotopic (exact) mass is 500 g/mol. The van der Waals surface area contributed by atoms with E-state index in [1.54, 1.807) is 18.2 Å². The topological polar surface area (TPSA) is 9.23 Å². The number of fused-ring (bicyclic) bond motifs is 1. The lowest BCUT2D eigenvalue weighted by Crippen LogP contribution is -2.13.